The molecule has 2 rings (SSSR count). The number of nitrogens with zero attached hydrogens (tertiary/aromatic N) is 2. The highest BCUT2D eigenvalue weighted by Crippen LogP contribution is 2.13. The van der Waals surface area contributed by atoms with Crippen molar-refractivity contribution in [2.24, 2.45) is 0 Å². The molecule has 0 fully saturated rings. The fourth-order valence-corrected chi connectivity index (χ4v) is 1.64. The lowest BCUT2D eigenvalue weighted by molar-refractivity contribution is 0.102. The Kier molecular flexibility index (Phi) is 3.85. The Labute approximate surface area is 110 Å². The molecule has 0 saturated carbocycles. The first kappa shape index (κ1) is 13.1. The Morgan fingerprint density at radius 1 is 1.32 bits per heavy atom. The number of hydrogen-bond acceptors (Lipinski definition) is 3. The van der Waals surface area contributed by atoms with Crippen LogP contribution >= 0.6 is 0 Å². The Morgan fingerprint density at radius 2 is 2.00 bits per heavy atom. The van der Waals surface area contributed by atoms with Crippen molar-refractivity contribution in [2.75, 3.05) is 5.32 Å². The lowest BCUT2D eigenvalue weighted by Gasteiger charge is -2.07. The summed E-state index contributed by atoms with van der Waals surface area (Å²) in [5.74, 6) is -0.0990. The fourth-order valence-electron chi connectivity index (χ4n) is 1.64. The van der Waals surface area contributed by atoms with Crippen molar-refractivity contribution >= 4 is 11.6 Å². The number of carbonyl (C=O) groups excluding carboxylic acids is 1. The average Bonchev–Trinajstić information content (AvgIpc) is 2.42. The lowest BCUT2D eigenvalue weighted by Crippen LogP contribution is -2.14. The van der Waals surface area contributed by atoms with E-state index in [9.17, 15) is 9.18 Å². The van der Waals surface area contributed by atoms with Gasteiger partial charge in [0.15, 0.2) is 0 Å². The van der Waals surface area contributed by atoms with Gasteiger partial charge in [-0.3, -0.25) is 4.79 Å². The van der Waals surface area contributed by atoms with Crippen molar-refractivity contribution in [1.29, 1.82) is 0 Å². The summed E-state index contributed by atoms with van der Waals surface area (Å²) >= 11 is 0. The predicted octanol–water partition coefficient (Wildman–Crippen LogP) is 2.74. The summed E-state index contributed by atoms with van der Waals surface area (Å²) in [5.41, 5.74) is 1.51. The molecule has 0 spiro atoms. The summed E-state index contributed by atoms with van der Waals surface area (Å²) in [6.45, 7) is 3.70. The Balaban J connectivity index is 2.18. The summed E-state index contributed by atoms with van der Waals surface area (Å²) in [6.07, 6.45) is 3.81. The van der Waals surface area contributed by atoms with Gasteiger partial charge in [-0.2, -0.15) is 0 Å². The van der Waals surface area contributed by atoms with Crippen LogP contribution in [0.2, 0.25) is 0 Å². The molecule has 98 valence electrons. The van der Waals surface area contributed by atoms with Crippen LogP contribution in [0, 0.1) is 12.7 Å². The quantitative estimate of drug-likeness (QED) is 0.922. The van der Waals surface area contributed by atoms with E-state index in [2.05, 4.69) is 15.3 Å². The van der Waals surface area contributed by atoms with Gasteiger partial charge in [-0.15, -0.1) is 0 Å². The van der Waals surface area contributed by atoms with Crippen molar-refractivity contribution in [3.8, 4) is 0 Å². The van der Waals surface area contributed by atoms with E-state index in [0.717, 1.165) is 6.42 Å². The predicted molar refractivity (Wildman–Crippen MR) is 70.5 cm³/mol. The van der Waals surface area contributed by atoms with Crippen molar-refractivity contribution in [1.82, 2.24) is 9.97 Å². The van der Waals surface area contributed by atoms with E-state index < -0.39 is 5.82 Å². The highest BCUT2D eigenvalue weighted by atomic mass is 19.1. The third-order valence-corrected chi connectivity index (χ3v) is 2.72. The van der Waals surface area contributed by atoms with Gasteiger partial charge in [-0.1, -0.05) is 13.0 Å². The van der Waals surface area contributed by atoms with Crippen LogP contribution in [-0.4, -0.2) is 15.9 Å². The lowest BCUT2D eigenvalue weighted by atomic mass is 10.1. The number of anilines is 1. The summed E-state index contributed by atoms with van der Waals surface area (Å²) < 4.78 is 13.1. The van der Waals surface area contributed by atoms with Gasteiger partial charge in [-0.05, 0) is 24.6 Å². The molecule has 0 saturated heterocycles. The van der Waals surface area contributed by atoms with Crippen LogP contribution < -0.4 is 5.32 Å². The van der Waals surface area contributed by atoms with Gasteiger partial charge in [0.25, 0.3) is 5.91 Å². The normalized spacial score (nSPS) is 10.3. The Morgan fingerprint density at radius 3 is 2.63 bits per heavy atom. The van der Waals surface area contributed by atoms with Crippen LogP contribution in [0.3, 0.4) is 0 Å². The molecule has 0 bridgehead atoms. The van der Waals surface area contributed by atoms with E-state index in [1.165, 1.54) is 12.1 Å². The molecule has 2 aromatic rings. The molecule has 0 aliphatic carbocycles. The van der Waals surface area contributed by atoms with Gasteiger partial charge >= 0.3 is 0 Å². The number of amides is 1. The molecule has 5 heteroatoms. The zero-order valence-electron chi connectivity index (χ0n) is 10.8. The molecule has 0 radical (unpaired) electrons. The van der Waals surface area contributed by atoms with Crippen LogP contribution in [-0.2, 0) is 6.42 Å². The molecule has 19 heavy (non-hydrogen) atoms. The highest BCUT2D eigenvalue weighted by molar-refractivity contribution is 6.05. The SMILES string of the molecule is CCc1ncc(NC(=O)c2cc(F)ccc2C)cn1. The first-order chi connectivity index (χ1) is 9.10. The maximum atomic E-state index is 13.1. The molecule has 0 aliphatic heterocycles. The van der Waals surface area contributed by atoms with Crippen LogP contribution in [0.25, 0.3) is 0 Å². The molecule has 0 unspecified atom stereocenters. The van der Waals surface area contributed by atoms with Crippen LogP contribution in [0.5, 0.6) is 0 Å². The second-order valence-corrected chi connectivity index (χ2v) is 4.15. The Bertz CT molecular complexity index is 596. The molecule has 0 atom stereocenters. The Hall–Kier alpha value is -2.30. The maximum Gasteiger partial charge on any atom is 0.256 e. The van der Waals surface area contributed by atoms with Crippen LogP contribution in [0.4, 0.5) is 10.1 Å². The zero-order chi connectivity index (χ0) is 13.8. The number of halogens is 1. The van der Waals surface area contributed by atoms with Crippen molar-refractivity contribution in [2.45, 2.75) is 20.3 Å². The molecule has 4 nitrogen and oxygen atoms in total. The van der Waals surface area contributed by atoms with Gasteiger partial charge in [0.2, 0.25) is 0 Å². The van der Waals surface area contributed by atoms with Crippen molar-refractivity contribution < 1.29 is 9.18 Å². The number of rotatable bonds is 3. The van der Waals surface area contributed by atoms with E-state index >= 15 is 0 Å². The molecule has 1 amide bonds. The van der Waals surface area contributed by atoms with E-state index in [1.807, 2.05) is 6.92 Å². The summed E-state index contributed by atoms with van der Waals surface area (Å²) in [4.78, 5) is 20.2. The molecule has 1 aromatic carbocycles. The summed E-state index contributed by atoms with van der Waals surface area (Å²) in [7, 11) is 0. The molecule has 0 aliphatic rings. The first-order valence-electron chi connectivity index (χ1n) is 5.98. The fraction of sp³-hybridized carbons (Fsp3) is 0.214. The van der Waals surface area contributed by atoms with E-state index in [4.69, 9.17) is 0 Å². The number of hydrogen-bond donors (Lipinski definition) is 1. The van der Waals surface area contributed by atoms with Gasteiger partial charge in [0, 0.05) is 12.0 Å². The first-order valence-corrected chi connectivity index (χ1v) is 5.98. The maximum absolute atomic E-state index is 13.1. The molecular formula is C14H14FN3O. The highest BCUT2D eigenvalue weighted by Gasteiger charge is 2.10. The second-order valence-electron chi connectivity index (χ2n) is 4.15. The minimum atomic E-state index is -0.437. The zero-order valence-corrected chi connectivity index (χ0v) is 10.8. The van der Waals surface area contributed by atoms with Crippen molar-refractivity contribution in [3.05, 3.63) is 53.4 Å². The third-order valence-electron chi connectivity index (χ3n) is 2.72. The second kappa shape index (κ2) is 5.56. The average molecular weight is 259 g/mol. The van der Waals surface area contributed by atoms with Crippen LogP contribution in [0.1, 0.15) is 28.7 Å². The molecular weight excluding hydrogens is 245 g/mol. The van der Waals surface area contributed by atoms with Gasteiger partial charge < -0.3 is 5.32 Å². The van der Waals surface area contributed by atoms with E-state index in [-0.39, 0.29) is 5.91 Å². The topological polar surface area (TPSA) is 54.9 Å². The number of aromatic nitrogens is 2. The minimum Gasteiger partial charge on any atom is -0.319 e. The number of benzene rings is 1. The molecule has 1 N–H and O–H groups in total. The van der Waals surface area contributed by atoms with E-state index in [1.54, 1.807) is 25.4 Å². The number of carbonyl (C=O) groups is 1. The minimum absolute atomic E-state index is 0.305. The smallest absolute Gasteiger partial charge is 0.256 e. The summed E-state index contributed by atoms with van der Waals surface area (Å²) in [6, 6.07) is 4.11. The van der Waals surface area contributed by atoms with Crippen LogP contribution in [0.15, 0.2) is 30.6 Å². The summed E-state index contributed by atoms with van der Waals surface area (Å²) in [5, 5.41) is 2.65. The van der Waals surface area contributed by atoms with Gasteiger partial charge in [0.05, 0.1) is 18.1 Å². The number of aryl methyl sites for hydroxylation is 2. The third kappa shape index (κ3) is 3.13. The standard InChI is InChI=1S/C14H14FN3O/c1-3-13-16-7-11(8-17-13)18-14(19)12-6-10(15)5-4-9(12)2/h4-8H,3H2,1-2H3,(H,18,19). The largest absolute Gasteiger partial charge is 0.319 e. The van der Waals surface area contributed by atoms with E-state index in [0.29, 0.717) is 22.6 Å². The number of nitrogens with one attached hydrogen (secondary N) is 1. The monoisotopic (exact) mass is 259 g/mol. The molecule has 1 heterocycles. The van der Waals surface area contributed by atoms with Crippen molar-refractivity contribution in [3.63, 3.8) is 0 Å². The molecule has 1 aromatic heterocycles. The van der Waals surface area contributed by atoms with Gasteiger partial charge in [0.1, 0.15) is 11.6 Å². The van der Waals surface area contributed by atoms with Gasteiger partial charge in [-0.25, -0.2) is 14.4 Å².